The van der Waals surface area contributed by atoms with Crippen LogP contribution in [0.2, 0.25) is 0 Å². The molecule has 0 aromatic heterocycles. The van der Waals surface area contributed by atoms with Gasteiger partial charge in [0, 0.05) is 36.1 Å². The first-order chi connectivity index (χ1) is 12.8. The number of halogens is 1. The maximum atomic E-state index is 13.1. The second-order valence-corrected chi connectivity index (χ2v) is 8.42. The molecule has 0 atom stereocenters. The summed E-state index contributed by atoms with van der Waals surface area (Å²) in [5.41, 5.74) is 2.77. The van der Waals surface area contributed by atoms with E-state index in [4.69, 9.17) is 9.47 Å². The van der Waals surface area contributed by atoms with Gasteiger partial charge in [0.15, 0.2) is 0 Å². The van der Waals surface area contributed by atoms with Crippen LogP contribution in [-0.2, 0) is 25.5 Å². The van der Waals surface area contributed by atoms with Gasteiger partial charge in [0.1, 0.15) is 11.3 Å². The largest absolute Gasteiger partial charge is 0.427 e. The zero-order valence-corrected chi connectivity index (χ0v) is 17.9. The fourth-order valence-electron chi connectivity index (χ4n) is 3.72. The van der Waals surface area contributed by atoms with Crippen molar-refractivity contribution in [1.29, 1.82) is 0 Å². The molecule has 1 spiro atoms. The number of ether oxygens (including phenoxy) is 2. The number of hydrogen-bond donors (Lipinski definition) is 1. The molecule has 1 saturated heterocycles. The normalized spacial score (nSPS) is 19.0. The van der Waals surface area contributed by atoms with E-state index < -0.39 is 5.54 Å². The molecule has 27 heavy (non-hydrogen) atoms. The highest BCUT2D eigenvalue weighted by molar-refractivity contribution is 9.10. The van der Waals surface area contributed by atoms with E-state index in [9.17, 15) is 9.59 Å². The molecule has 146 valence electrons. The van der Waals surface area contributed by atoms with Gasteiger partial charge in [-0.15, -0.1) is 0 Å². The molecule has 2 heterocycles. The Bertz CT molecular complexity index is 807. The topological polar surface area (TPSA) is 64.6 Å². The Balaban J connectivity index is 2.23. The lowest BCUT2D eigenvalue weighted by Gasteiger charge is -2.35. The van der Waals surface area contributed by atoms with Crippen molar-refractivity contribution in [3.05, 3.63) is 39.1 Å². The Morgan fingerprint density at radius 1 is 1.33 bits per heavy atom. The van der Waals surface area contributed by atoms with E-state index in [1.165, 1.54) is 0 Å². The summed E-state index contributed by atoms with van der Waals surface area (Å²) in [6.07, 6.45) is 1.95. The molecule has 1 aromatic rings. The molecule has 5 nitrogen and oxygen atoms in total. The van der Waals surface area contributed by atoms with Gasteiger partial charge in [-0.2, -0.15) is 0 Å². The van der Waals surface area contributed by atoms with Gasteiger partial charge < -0.3 is 14.8 Å². The Morgan fingerprint density at radius 2 is 2.00 bits per heavy atom. The van der Waals surface area contributed by atoms with Crippen LogP contribution in [0.5, 0.6) is 0 Å². The molecule has 0 saturated carbocycles. The first kappa shape index (κ1) is 20.1. The summed E-state index contributed by atoms with van der Waals surface area (Å²) in [6.45, 7) is 8.71. The third-order valence-electron chi connectivity index (χ3n) is 5.21. The summed E-state index contributed by atoms with van der Waals surface area (Å²) in [5.74, 6) is -0.346. The van der Waals surface area contributed by atoms with Gasteiger partial charge in [0.05, 0.1) is 11.5 Å². The number of rotatable bonds is 4. The molecule has 1 N–H and O–H groups in total. The first-order valence-corrected chi connectivity index (χ1v) is 10.2. The number of benzene rings is 1. The third kappa shape index (κ3) is 3.69. The second kappa shape index (κ2) is 7.76. The first-order valence-electron chi connectivity index (χ1n) is 9.45. The highest BCUT2D eigenvalue weighted by atomic mass is 79.9. The van der Waals surface area contributed by atoms with Crippen LogP contribution in [0.25, 0.3) is 5.57 Å². The molecule has 1 fully saturated rings. The lowest BCUT2D eigenvalue weighted by Crippen LogP contribution is -2.49. The van der Waals surface area contributed by atoms with Crippen molar-refractivity contribution in [3.8, 4) is 0 Å². The smallest absolute Gasteiger partial charge is 0.313 e. The van der Waals surface area contributed by atoms with Crippen LogP contribution in [0, 0.1) is 12.8 Å². The van der Waals surface area contributed by atoms with Crippen LogP contribution in [0.3, 0.4) is 0 Å². The van der Waals surface area contributed by atoms with Crippen LogP contribution >= 0.6 is 15.9 Å². The minimum Gasteiger partial charge on any atom is -0.427 e. The number of amides is 1. The highest BCUT2D eigenvalue weighted by Crippen LogP contribution is 2.43. The van der Waals surface area contributed by atoms with E-state index in [0.717, 1.165) is 27.6 Å². The van der Waals surface area contributed by atoms with E-state index in [1.807, 2.05) is 13.0 Å². The van der Waals surface area contributed by atoms with Crippen molar-refractivity contribution in [2.45, 2.75) is 52.5 Å². The number of aryl methyl sites for hydroxylation is 2. The van der Waals surface area contributed by atoms with Crippen LogP contribution in [0.15, 0.2) is 22.4 Å². The van der Waals surface area contributed by atoms with Crippen molar-refractivity contribution < 1.29 is 19.1 Å². The lowest BCUT2D eigenvalue weighted by molar-refractivity contribution is -0.144. The van der Waals surface area contributed by atoms with Crippen molar-refractivity contribution >= 4 is 33.4 Å². The van der Waals surface area contributed by atoms with Gasteiger partial charge in [-0.3, -0.25) is 9.59 Å². The fourth-order valence-corrected chi connectivity index (χ4v) is 4.53. The zero-order chi connectivity index (χ0) is 19.8. The number of nitrogens with one attached hydrogen (secondary N) is 1. The summed E-state index contributed by atoms with van der Waals surface area (Å²) >= 11 is 3.63. The van der Waals surface area contributed by atoms with Crippen LogP contribution in [-0.4, -0.2) is 30.6 Å². The SMILES string of the molecule is CCc1cc(C)cc(Br)c1C1=C(OC(=O)C(C)C)C2(CCOCC2)NC1=O. The molecular formula is C21H26BrNO4. The van der Waals surface area contributed by atoms with Gasteiger partial charge in [-0.25, -0.2) is 0 Å². The molecule has 6 heteroatoms. The average Bonchev–Trinajstić information content (AvgIpc) is 2.86. The molecular weight excluding hydrogens is 410 g/mol. The summed E-state index contributed by atoms with van der Waals surface area (Å²) in [6, 6.07) is 4.07. The van der Waals surface area contributed by atoms with Gasteiger partial charge in [0.25, 0.3) is 5.91 Å². The van der Waals surface area contributed by atoms with Gasteiger partial charge in [-0.05, 0) is 30.5 Å². The van der Waals surface area contributed by atoms with E-state index in [-0.39, 0.29) is 17.8 Å². The van der Waals surface area contributed by atoms with Gasteiger partial charge in [0.2, 0.25) is 0 Å². The second-order valence-electron chi connectivity index (χ2n) is 7.56. The standard InChI is InChI=1S/C21H26BrNO4/c1-5-14-10-13(4)11-15(22)16(14)17-18(27-20(25)12(2)3)21(23-19(17)24)6-8-26-9-7-21/h10-12H,5-9H2,1-4H3,(H,23,24). The van der Waals surface area contributed by atoms with E-state index >= 15 is 0 Å². The summed E-state index contributed by atoms with van der Waals surface area (Å²) in [5, 5.41) is 3.11. The number of esters is 1. The van der Waals surface area contributed by atoms with E-state index in [0.29, 0.717) is 37.4 Å². The summed E-state index contributed by atoms with van der Waals surface area (Å²) in [4.78, 5) is 25.6. The predicted octanol–water partition coefficient (Wildman–Crippen LogP) is 3.91. The predicted molar refractivity (Wildman–Crippen MR) is 107 cm³/mol. The Labute approximate surface area is 168 Å². The summed E-state index contributed by atoms with van der Waals surface area (Å²) < 4.78 is 12.2. The third-order valence-corrected chi connectivity index (χ3v) is 5.83. The van der Waals surface area contributed by atoms with E-state index in [2.05, 4.69) is 34.2 Å². The van der Waals surface area contributed by atoms with Gasteiger partial charge in [-0.1, -0.05) is 42.8 Å². The monoisotopic (exact) mass is 435 g/mol. The molecule has 0 bridgehead atoms. The zero-order valence-electron chi connectivity index (χ0n) is 16.3. The lowest BCUT2D eigenvalue weighted by atomic mass is 9.86. The Kier molecular flexibility index (Phi) is 5.77. The minimum absolute atomic E-state index is 0.192. The van der Waals surface area contributed by atoms with Crippen molar-refractivity contribution in [2.24, 2.45) is 5.92 Å². The van der Waals surface area contributed by atoms with Crippen molar-refractivity contribution in [3.63, 3.8) is 0 Å². The number of carbonyl (C=O) groups is 2. The van der Waals surface area contributed by atoms with Gasteiger partial charge >= 0.3 is 5.97 Å². The van der Waals surface area contributed by atoms with Crippen LogP contribution < -0.4 is 5.32 Å². The minimum atomic E-state index is -0.676. The average molecular weight is 436 g/mol. The molecule has 2 aliphatic rings. The molecule has 0 unspecified atom stereocenters. The highest BCUT2D eigenvalue weighted by Gasteiger charge is 2.49. The molecule has 0 aliphatic carbocycles. The fraction of sp³-hybridized carbons (Fsp3) is 0.524. The quantitative estimate of drug-likeness (QED) is 0.728. The number of carbonyl (C=O) groups excluding carboxylic acids is 2. The van der Waals surface area contributed by atoms with Crippen molar-refractivity contribution in [2.75, 3.05) is 13.2 Å². The Hall–Kier alpha value is -1.66. The molecule has 3 rings (SSSR count). The van der Waals surface area contributed by atoms with Crippen LogP contribution in [0.4, 0.5) is 0 Å². The molecule has 1 aromatic carbocycles. The Morgan fingerprint density at radius 3 is 2.59 bits per heavy atom. The molecule has 2 aliphatic heterocycles. The molecule has 1 amide bonds. The van der Waals surface area contributed by atoms with Crippen LogP contribution in [0.1, 0.15) is 50.3 Å². The maximum absolute atomic E-state index is 13.1. The molecule has 0 radical (unpaired) electrons. The summed E-state index contributed by atoms with van der Waals surface area (Å²) in [7, 11) is 0. The number of hydrogen-bond acceptors (Lipinski definition) is 4. The van der Waals surface area contributed by atoms with E-state index in [1.54, 1.807) is 13.8 Å². The maximum Gasteiger partial charge on any atom is 0.313 e. The van der Waals surface area contributed by atoms with Crippen molar-refractivity contribution in [1.82, 2.24) is 5.32 Å².